The van der Waals surface area contributed by atoms with Crippen molar-refractivity contribution in [2.75, 3.05) is 18.5 Å². The SMILES string of the molecule is FCCNc1ccc(C(F)(F)F)cn1. The van der Waals surface area contributed by atoms with Crippen molar-refractivity contribution >= 4 is 5.82 Å². The number of hydrogen-bond acceptors (Lipinski definition) is 2. The van der Waals surface area contributed by atoms with E-state index in [0.717, 1.165) is 6.07 Å². The summed E-state index contributed by atoms with van der Waals surface area (Å²) in [5, 5.41) is 2.52. The maximum Gasteiger partial charge on any atom is 0.417 e. The Labute approximate surface area is 78.0 Å². The van der Waals surface area contributed by atoms with Gasteiger partial charge in [0.15, 0.2) is 0 Å². The summed E-state index contributed by atoms with van der Waals surface area (Å²) in [6, 6.07) is 2.06. The summed E-state index contributed by atoms with van der Waals surface area (Å²) in [5.41, 5.74) is -0.816. The molecule has 0 atom stereocenters. The Morgan fingerprint density at radius 2 is 2.00 bits per heavy atom. The first-order valence-corrected chi connectivity index (χ1v) is 3.87. The molecule has 1 rings (SSSR count). The van der Waals surface area contributed by atoms with Crippen LogP contribution in [0, 0.1) is 0 Å². The molecule has 14 heavy (non-hydrogen) atoms. The van der Waals surface area contributed by atoms with E-state index in [2.05, 4.69) is 10.3 Å². The van der Waals surface area contributed by atoms with Crippen molar-refractivity contribution in [2.24, 2.45) is 0 Å². The highest BCUT2D eigenvalue weighted by Crippen LogP contribution is 2.28. The molecule has 0 aromatic carbocycles. The molecule has 1 heterocycles. The van der Waals surface area contributed by atoms with Gasteiger partial charge in [-0.3, -0.25) is 0 Å². The highest BCUT2D eigenvalue weighted by Gasteiger charge is 2.30. The van der Waals surface area contributed by atoms with Crippen LogP contribution in [-0.2, 0) is 6.18 Å². The summed E-state index contributed by atoms with van der Waals surface area (Å²) in [7, 11) is 0. The van der Waals surface area contributed by atoms with Crippen LogP contribution >= 0.6 is 0 Å². The Bertz CT molecular complexity index is 280. The normalized spacial score (nSPS) is 11.4. The van der Waals surface area contributed by atoms with E-state index in [9.17, 15) is 17.6 Å². The number of halogens is 4. The van der Waals surface area contributed by atoms with E-state index in [1.54, 1.807) is 0 Å². The molecule has 1 N–H and O–H groups in total. The van der Waals surface area contributed by atoms with Crippen molar-refractivity contribution in [3.63, 3.8) is 0 Å². The monoisotopic (exact) mass is 208 g/mol. The van der Waals surface area contributed by atoms with Crippen LogP contribution < -0.4 is 5.32 Å². The predicted octanol–water partition coefficient (Wildman–Crippen LogP) is 2.48. The molecule has 0 saturated heterocycles. The standard InChI is InChI=1S/C8H8F4N2/c9-3-4-13-7-2-1-6(5-14-7)8(10,11)12/h1-2,5H,3-4H2,(H,13,14). The van der Waals surface area contributed by atoms with Crippen molar-refractivity contribution < 1.29 is 17.6 Å². The van der Waals surface area contributed by atoms with Gasteiger partial charge in [-0.15, -0.1) is 0 Å². The molecule has 2 nitrogen and oxygen atoms in total. The second-order valence-electron chi connectivity index (χ2n) is 2.55. The first-order chi connectivity index (χ1) is 6.54. The fraction of sp³-hybridized carbons (Fsp3) is 0.375. The lowest BCUT2D eigenvalue weighted by Gasteiger charge is -2.07. The predicted molar refractivity (Wildman–Crippen MR) is 43.7 cm³/mol. The first-order valence-electron chi connectivity index (χ1n) is 3.87. The third kappa shape index (κ3) is 2.86. The average molecular weight is 208 g/mol. The van der Waals surface area contributed by atoms with E-state index in [1.165, 1.54) is 6.07 Å². The number of pyridine rings is 1. The van der Waals surface area contributed by atoms with Gasteiger partial charge in [0.2, 0.25) is 0 Å². The molecule has 6 heteroatoms. The van der Waals surface area contributed by atoms with Gasteiger partial charge >= 0.3 is 6.18 Å². The number of aromatic nitrogens is 1. The molecule has 0 unspecified atom stereocenters. The van der Waals surface area contributed by atoms with E-state index in [-0.39, 0.29) is 12.4 Å². The zero-order chi connectivity index (χ0) is 10.6. The van der Waals surface area contributed by atoms with Crippen LogP contribution in [0.2, 0.25) is 0 Å². The summed E-state index contributed by atoms with van der Waals surface area (Å²) in [4.78, 5) is 3.48. The molecule has 0 fully saturated rings. The van der Waals surface area contributed by atoms with Crippen molar-refractivity contribution in [3.8, 4) is 0 Å². The molecule has 0 aliphatic carbocycles. The van der Waals surface area contributed by atoms with E-state index in [4.69, 9.17) is 0 Å². The summed E-state index contributed by atoms with van der Waals surface area (Å²) in [5.74, 6) is 0.232. The minimum absolute atomic E-state index is 0.0400. The molecule has 1 aromatic rings. The molecule has 0 bridgehead atoms. The molecule has 0 aliphatic heterocycles. The van der Waals surface area contributed by atoms with E-state index in [0.29, 0.717) is 6.20 Å². The third-order valence-electron chi connectivity index (χ3n) is 1.49. The number of rotatable bonds is 3. The molecule has 0 radical (unpaired) electrons. The lowest BCUT2D eigenvalue weighted by molar-refractivity contribution is -0.137. The van der Waals surface area contributed by atoms with Gasteiger partial charge in [-0.1, -0.05) is 0 Å². The van der Waals surface area contributed by atoms with E-state index in [1.807, 2.05) is 0 Å². The zero-order valence-corrected chi connectivity index (χ0v) is 7.11. The van der Waals surface area contributed by atoms with E-state index >= 15 is 0 Å². The molecule has 0 aliphatic rings. The number of anilines is 1. The number of alkyl halides is 4. The highest BCUT2D eigenvalue weighted by molar-refractivity contribution is 5.35. The van der Waals surface area contributed by atoms with Crippen LogP contribution in [0.25, 0.3) is 0 Å². The Morgan fingerprint density at radius 1 is 1.29 bits per heavy atom. The molecule has 1 aromatic heterocycles. The van der Waals surface area contributed by atoms with Crippen LogP contribution in [0.4, 0.5) is 23.4 Å². The second kappa shape index (κ2) is 4.26. The van der Waals surface area contributed by atoms with Crippen molar-refractivity contribution in [2.45, 2.75) is 6.18 Å². The molecule has 0 spiro atoms. The average Bonchev–Trinajstić information content (AvgIpc) is 2.14. The quantitative estimate of drug-likeness (QED) is 0.772. The summed E-state index contributed by atoms with van der Waals surface area (Å²) >= 11 is 0. The Hall–Kier alpha value is -1.33. The Morgan fingerprint density at radius 3 is 2.43 bits per heavy atom. The number of nitrogens with zero attached hydrogens (tertiary/aromatic N) is 1. The van der Waals surface area contributed by atoms with Crippen molar-refractivity contribution in [1.29, 1.82) is 0 Å². The summed E-state index contributed by atoms with van der Waals surface area (Å²) in [6.45, 7) is -0.554. The van der Waals surface area contributed by atoms with Crippen LogP contribution in [0.15, 0.2) is 18.3 Å². The molecule has 78 valence electrons. The fourth-order valence-corrected chi connectivity index (χ4v) is 0.841. The first kappa shape index (κ1) is 10.7. The van der Waals surface area contributed by atoms with Gasteiger partial charge in [-0.25, -0.2) is 9.37 Å². The summed E-state index contributed by atoms with van der Waals surface area (Å²) in [6.07, 6.45) is -3.67. The van der Waals surface area contributed by atoms with Gasteiger partial charge in [0.25, 0.3) is 0 Å². The minimum Gasteiger partial charge on any atom is -0.367 e. The van der Waals surface area contributed by atoms with Crippen molar-refractivity contribution in [3.05, 3.63) is 23.9 Å². The second-order valence-corrected chi connectivity index (χ2v) is 2.55. The minimum atomic E-state index is -4.38. The van der Waals surface area contributed by atoms with Gasteiger partial charge in [0.05, 0.1) is 5.56 Å². The van der Waals surface area contributed by atoms with Gasteiger partial charge in [0.1, 0.15) is 12.5 Å². The van der Waals surface area contributed by atoms with Crippen molar-refractivity contribution in [1.82, 2.24) is 4.98 Å². The fourth-order valence-electron chi connectivity index (χ4n) is 0.841. The Balaban J connectivity index is 2.69. The summed E-state index contributed by atoms with van der Waals surface area (Å²) < 4.78 is 47.8. The van der Waals surface area contributed by atoms with Gasteiger partial charge in [-0.2, -0.15) is 13.2 Å². The zero-order valence-electron chi connectivity index (χ0n) is 7.11. The maximum absolute atomic E-state index is 12.1. The number of nitrogens with one attached hydrogen (secondary N) is 1. The Kier molecular flexibility index (Phi) is 3.27. The van der Waals surface area contributed by atoms with Crippen LogP contribution in [-0.4, -0.2) is 18.2 Å². The highest BCUT2D eigenvalue weighted by atomic mass is 19.4. The molecule has 0 saturated carbocycles. The third-order valence-corrected chi connectivity index (χ3v) is 1.49. The lowest BCUT2D eigenvalue weighted by Crippen LogP contribution is -2.08. The largest absolute Gasteiger partial charge is 0.417 e. The van der Waals surface area contributed by atoms with Gasteiger partial charge in [0, 0.05) is 12.7 Å². The molecular formula is C8H8F4N2. The van der Waals surface area contributed by atoms with Gasteiger partial charge in [-0.05, 0) is 12.1 Å². The number of hydrogen-bond donors (Lipinski definition) is 1. The molecular weight excluding hydrogens is 200 g/mol. The molecule has 0 amide bonds. The lowest BCUT2D eigenvalue weighted by atomic mass is 10.3. The van der Waals surface area contributed by atoms with Crippen LogP contribution in [0.3, 0.4) is 0 Å². The van der Waals surface area contributed by atoms with E-state index < -0.39 is 18.4 Å². The van der Waals surface area contributed by atoms with Gasteiger partial charge < -0.3 is 5.32 Å². The maximum atomic E-state index is 12.1. The van der Waals surface area contributed by atoms with Crippen LogP contribution in [0.5, 0.6) is 0 Å². The topological polar surface area (TPSA) is 24.9 Å². The smallest absolute Gasteiger partial charge is 0.367 e. The van der Waals surface area contributed by atoms with Crippen LogP contribution in [0.1, 0.15) is 5.56 Å².